The van der Waals surface area contributed by atoms with Crippen LogP contribution in [0.1, 0.15) is 15.9 Å². The minimum atomic E-state index is -0.778. The summed E-state index contributed by atoms with van der Waals surface area (Å²) in [5.74, 6) is -0.259. The van der Waals surface area contributed by atoms with E-state index in [0.29, 0.717) is 5.56 Å². The second-order valence-electron chi connectivity index (χ2n) is 4.32. The molecule has 2 aromatic rings. The van der Waals surface area contributed by atoms with E-state index in [4.69, 9.17) is 0 Å². The lowest BCUT2D eigenvalue weighted by Crippen LogP contribution is -2.25. The quantitative estimate of drug-likeness (QED) is 0.484. The molecular formula is C14H12N2O4. The number of hydrogen-bond acceptors (Lipinski definition) is 4. The smallest absolute Gasteiger partial charge is 0.302 e. The third kappa shape index (κ3) is 2.64. The summed E-state index contributed by atoms with van der Waals surface area (Å²) in [7, 11) is 0. The fourth-order valence-corrected chi connectivity index (χ4v) is 1.91. The molecule has 6 heteroatoms. The molecule has 1 aromatic carbocycles. The van der Waals surface area contributed by atoms with Crippen molar-refractivity contribution < 1.29 is 9.72 Å². The van der Waals surface area contributed by atoms with Crippen molar-refractivity contribution in [2.24, 2.45) is 0 Å². The average Bonchev–Trinajstić information content (AvgIpc) is 2.41. The summed E-state index contributed by atoms with van der Waals surface area (Å²) in [5.41, 5.74) is -0.00796. The van der Waals surface area contributed by atoms with Gasteiger partial charge >= 0.3 is 11.2 Å². The fourth-order valence-electron chi connectivity index (χ4n) is 1.91. The molecule has 102 valence electrons. The summed E-state index contributed by atoms with van der Waals surface area (Å²) in [4.78, 5) is 33.9. The molecule has 20 heavy (non-hydrogen) atoms. The van der Waals surface area contributed by atoms with E-state index in [-0.39, 0.29) is 12.3 Å². The maximum atomic E-state index is 12.1. The molecule has 2 rings (SSSR count). The van der Waals surface area contributed by atoms with Gasteiger partial charge in [-0.25, -0.2) is 0 Å². The van der Waals surface area contributed by atoms with Gasteiger partial charge in [-0.15, -0.1) is 0 Å². The highest BCUT2D eigenvalue weighted by Crippen LogP contribution is 2.09. The number of pyridine rings is 1. The molecule has 6 nitrogen and oxygen atoms in total. The average molecular weight is 272 g/mol. The van der Waals surface area contributed by atoms with Crippen LogP contribution in [-0.2, 0) is 6.54 Å². The number of aryl methyl sites for hydroxylation is 1. The first-order valence-electron chi connectivity index (χ1n) is 5.93. The Morgan fingerprint density at radius 3 is 2.60 bits per heavy atom. The Hall–Kier alpha value is -2.76. The van der Waals surface area contributed by atoms with Crippen LogP contribution in [0.15, 0.2) is 47.4 Å². The molecule has 0 radical (unpaired) electrons. The number of Topliss-reactive ketones (excluding diaryl/α,β-unsaturated/α-hetero) is 1. The SMILES string of the molecule is Cc1ccccc1C(=O)Cn1cccc([N+](=O)[O-])c1=O. The summed E-state index contributed by atoms with van der Waals surface area (Å²) in [6.07, 6.45) is 1.37. The van der Waals surface area contributed by atoms with Gasteiger partial charge in [0.2, 0.25) is 0 Å². The van der Waals surface area contributed by atoms with Gasteiger partial charge in [0.25, 0.3) is 0 Å². The van der Waals surface area contributed by atoms with Crippen molar-refractivity contribution in [3.63, 3.8) is 0 Å². The van der Waals surface area contributed by atoms with Crippen molar-refractivity contribution in [2.45, 2.75) is 13.5 Å². The molecule has 0 N–H and O–H groups in total. The Morgan fingerprint density at radius 1 is 1.25 bits per heavy atom. The highest BCUT2D eigenvalue weighted by Gasteiger charge is 2.16. The number of hydrogen-bond donors (Lipinski definition) is 0. The predicted octanol–water partition coefficient (Wildman–Crippen LogP) is 1.95. The summed E-state index contributed by atoms with van der Waals surface area (Å²) >= 11 is 0. The molecule has 0 spiro atoms. The van der Waals surface area contributed by atoms with Crippen LogP contribution in [-0.4, -0.2) is 15.3 Å². The van der Waals surface area contributed by atoms with Crippen LogP contribution in [0.4, 0.5) is 5.69 Å². The molecule has 0 unspecified atom stereocenters. The molecule has 0 aliphatic rings. The topological polar surface area (TPSA) is 82.2 Å². The number of carbonyl (C=O) groups is 1. The van der Waals surface area contributed by atoms with Gasteiger partial charge in [0.15, 0.2) is 5.78 Å². The van der Waals surface area contributed by atoms with Gasteiger partial charge in [-0.1, -0.05) is 24.3 Å². The Balaban J connectivity index is 2.34. The van der Waals surface area contributed by atoms with Gasteiger partial charge in [-0.2, -0.15) is 0 Å². The molecule has 1 heterocycles. The maximum Gasteiger partial charge on any atom is 0.334 e. The van der Waals surface area contributed by atoms with Gasteiger partial charge in [0, 0.05) is 17.8 Å². The third-order valence-electron chi connectivity index (χ3n) is 2.96. The first-order valence-corrected chi connectivity index (χ1v) is 5.93. The summed E-state index contributed by atoms with van der Waals surface area (Å²) < 4.78 is 1.05. The first kappa shape index (κ1) is 13.7. The standard InChI is InChI=1S/C14H12N2O4/c1-10-5-2-3-6-11(10)13(17)9-15-8-4-7-12(14(15)18)16(19)20/h2-8H,9H2,1H3. The third-order valence-corrected chi connectivity index (χ3v) is 2.96. The summed E-state index contributed by atoms with van der Waals surface area (Å²) in [5, 5.41) is 10.7. The van der Waals surface area contributed by atoms with Crippen molar-refractivity contribution in [2.75, 3.05) is 0 Å². The van der Waals surface area contributed by atoms with Gasteiger partial charge in [-0.05, 0) is 18.6 Å². The molecule has 0 aliphatic heterocycles. The number of aromatic nitrogens is 1. The van der Waals surface area contributed by atoms with Crippen LogP contribution in [0, 0.1) is 17.0 Å². The van der Waals surface area contributed by atoms with Crippen LogP contribution >= 0.6 is 0 Å². The zero-order chi connectivity index (χ0) is 14.7. The molecule has 0 aliphatic carbocycles. The number of benzene rings is 1. The highest BCUT2D eigenvalue weighted by molar-refractivity contribution is 5.97. The highest BCUT2D eigenvalue weighted by atomic mass is 16.6. The fraction of sp³-hybridized carbons (Fsp3) is 0.143. The lowest BCUT2D eigenvalue weighted by molar-refractivity contribution is -0.386. The molecule has 0 bridgehead atoms. The molecule has 0 saturated carbocycles. The lowest BCUT2D eigenvalue weighted by Gasteiger charge is -2.06. The lowest BCUT2D eigenvalue weighted by atomic mass is 10.1. The zero-order valence-corrected chi connectivity index (χ0v) is 10.8. The minimum absolute atomic E-state index is 0.217. The van der Waals surface area contributed by atoms with Crippen LogP contribution in [0.3, 0.4) is 0 Å². The van der Waals surface area contributed by atoms with Gasteiger partial charge < -0.3 is 4.57 Å². The van der Waals surface area contributed by atoms with Gasteiger partial charge in [0.05, 0.1) is 11.5 Å². The predicted molar refractivity (Wildman–Crippen MR) is 72.9 cm³/mol. The Kier molecular flexibility index (Phi) is 3.74. The van der Waals surface area contributed by atoms with Crippen LogP contribution < -0.4 is 5.56 Å². The molecule has 0 fully saturated rings. The van der Waals surface area contributed by atoms with E-state index < -0.39 is 16.2 Å². The number of nitrogens with zero attached hydrogens (tertiary/aromatic N) is 2. The normalized spacial score (nSPS) is 10.2. The van der Waals surface area contributed by atoms with Crippen molar-refractivity contribution in [3.05, 3.63) is 74.2 Å². The number of ketones is 1. The molecular weight excluding hydrogens is 260 g/mol. The van der Waals surface area contributed by atoms with E-state index in [2.05, 4.69) is 0 Å². The molecule has 0 saturated heterocycles. The Morgan fingerprint density at radius 2 is 1.95 bits per heavy atom. The molecule has 0 amide bonds. The Bertz CT molecular complexity index is 734. The van der Waals surface area contributed by atoms with E-state index in [9.17, 15) is 19.7 Å². The largest absolute Gasteiger partial charge is 0.334 e. The Labute approximate surface area is 114 Å². The van der Waals surface area contributed by atoms with Crippen molar-refractivity contribution >= 4 is 11.5 Å². The van der Waals surface area contributed by atoms with Gasteiger partial charge in [-0.3, -0.25) is 19.7 Å². The van der Waals surface area contributed by atoms with Gasteiger partial charge in [0.1, 0.15) is 0 Å². The summed E-state index contributed by atoms with van der Waals surface area (Å²) in [6.45, 7) is 1.58. The first-order chi connectivity index (χ1) is 9.50. The van der Waals surface area contributed by atoms with E-state index in [0.717, 1.165) is 16.2 Å². The van der Waals surface area contributed by atoms with E-state index in [1.54, 1.807) is 25.1 Å². The van der Waals surface area contributed by atoms with E-state index >= 15 is 0 Å². The second-order valence-corrected chi connectivity index (χ2v) is 4.32. The van der Waals surface area contributed by atoms with E-state index in [1.807, 2.05) is 6.07 Å². The number of nitro groups is 1. The number of rotatable bonds is 4. The van der Waals surface area contributed by atoms with Crippen LogP contribution in [0.2, 0.25) is 0 Å². The van der Waals surface area contributed by atoms with Crippen molar-refractivity contribution in [1.29, 1.82) is 0 Å². The minimum Gasteiger partial charge on any atom is -0.302 e. The maximum absolute atomic E-state index is 12.1. The van der Waals surface area contributed by atoms with Crippen molar-refractivity contribution in [3.8, 4) is 0 Å². The number of carbonyl (C=O) groups excluding carboxylic acids is 1. The summed E-state index contributed by atoms with van der Waals surface area (Å²) in [6, 6.07) is 9.51. The monoisotopic (exact) mass is 272 g/mol. The van der Waals surface area contributed by atoms with Crippen LogP contribution in [0.5, 0.6) is 0 Å². The zero-order valence-electron chi connectivity index (χ0n) is 10.8. The second kappa shape index (κ2) is 5.48. The van der Waals surface area contributed by atoms with E-state index in [1.165, 1.54) is 12.3 Å². The van der Waals surface area contributed by atoms with Crippen molar-refractivity contribution in [1.82, 2.24) is 4.57 Å². The van der Waals surface area contributed by atoms with Crippen LogP contribution in [0.25, 0.3) is 0 Å². The molecule has 0 atom stereocenters. The molecule has 1 aromatic heterocycles.